The molecule has 1 heterocycles. The van der Waals surface area contributed by atoms with Crippen LogP contribution >= 0.6 is 0 Å². The molecule has 0 radical (unpaired) electrons. The SMILES string of the molecule is O=C1CCCc2c1ccn2-c1ccccc1C(F)(F)F. The molecule has 20 heavy (non-hydrogen) atoms. The summed E-state index contributed by atoms with van der Waals surface area (Å²) in [4.78, 5) is 11.8. The normalized spacial score (nSPS) is 15.2. The molecule has 104 valence electrons. The van der Waals surface area contributed by atoms with Gasteiger partial charge in [-0.3, -0.25) is 4.79 Å². The van der Waals surface area contributed by atoms with Crippen molar-refractivity contribution < 1.29 is 18.0 Å². The third-order valence-electron chi connectivity index (χ3n) is 3.58. The largest absolute Gasteiger partial charge is 0.418 e. The van der Waals surface area contributed by atoms with Crippen molar-refractivity contribution in [1.29, 1.82) is 0 Å². The lowest BCUT2D eigenvalue weighted by molar-refractivity contribution is -0.137. The van der Waals surface area contributed by atoms with Gasteiger partial charge in [0.05, 0.1) is 11.3 Å². The van der Waals surface area contributed by atoms with Crippen molar-refractivity contribution in [3.63, 3.8) is 0 Å². The van der Waals surface area contributed by atoms with Crippen LogP contribution in [0.1, 0.15) is 34.5 Å². The number of alkyl halides is 3. The quantitative estimate of drug-likeness (QED) is 0.773. The molecule has 2 aromatic rings. The number of carbonyl (C=O) groups excluding carboxylic acids is 1. The summed E-state index contributed by atoms with van der Waals surface area (Å²) in [5.41, 5.74) is 0.624. The van der Waals surface area contributed by atoms with Gasteiger partial charge >= 0.3 is 6.18 Å². The molecule has 0 aliphatic heterocycles. The molecule has 2 nitrogen and oxygen atoms in total. The van der Waals surface area contributed by atoms with E-state index < -0.39 is 11.7 Å². The van der Waals surface area contributed by atoms with Crippen LogP contribution in [-0.2, 0) is 12.6 Å². The summed E-state index contributed by atoms with van der Waals surface area (Å²) in [5.74, 6) is 0.00879. The van der Waals surface area contributed by atoms with Crippen molar-refractivity contribution >= 4 is 5.78 Å². The van der Waals surface area contributed by atoms with E-state index in [2.05, 4.69) is 0 Å². The van der Waals surface area contributed by atoms with E-state index in [0.29, 0.717) is 30.5 Å². The minimum Gasteiger partial charge on any atom is -0.320 e. The maximum absolute atomic E-state index is 13.1. The molecule has 0 saturated heterocycles. The van der Waals surface area contributed by atoms with E-state index in [-0.39, 0.29) is 11.5 Å². The van der Waals surface area contributed by atoms with Crippen molar-refractivity contribution in [3.8, 4) is 5.69 Å². The number of ketones is 1. The molecule has 1 aromatic carbocycles. The van der Waals surface area contributed by atoms with Crippen LogP contribution in [0.2, 0.25) is 0 Å². The average molecular weight is 279 g/mol. The highest BCUT2D eigenvalue weighted by Crippen LogP contribution is 2.35. The second kappa shape index (κ2) is 4.51. The highest BCUT2D eigenvalue weighted by Gasteiger charge is 2.34. The molecule has 0 fully saturated rings. The molecule has 0 atom stereocenters. The van der Waals surface area contributed by atoms with E-state index in [0.717, 1.165) is 6.07 Å². The monoisotopic (exact) mass is 279 g/mol. The number of halogens is 3. The van der Waals surface area contributed by atoms with Gasteiger partial charge in [-0.05, 0) is 31.0 Å². The van der Waals surface area contributed by atoms with Gasteiger partial charge < -0.3 is 4.57 Å². The zero-order valence-corrected chi connectivity index (χ0v) is 10.6. The van der Waals surface area contributed by atoms with Gasteiger partial charge in [-0.15, -0.1) is 0 Å². The van der Waals surface area contributed by atoms with Crippen molar-refractivity contribution in [3.05, 3.63) is 53.3 Å². The van der Waals surface area contributed by atoms with E-state index in [9.17, 15) is 18.0 Å². The highest BCUT2D eigenvalue weighted by atomic mass is 19.4. The minimum atomic E-state index is -4.41. The third kappa shape index (κ3) is 2.03. The van der Waals surface area contributed by atoms with Crippen LogP contribution in [0.25, 0.3) is 5.69 Å². The van der Waals surface area contributed by atoms with Crippen molar-refractivity contribution in [2.45, 2.75) is 25.4 Å². The number of carbonyl (C=O) groups is 1. The molecule has 0 saturated carbocycles. The Hall–Kier alpha value is -2.04. The van der Waals surface area contributed by atoms with Crippen LogP contribution in [0.15, 0.2) is 36.5 Å². The summed E-state index contributed by atoms with van der Waals surface area (Å²) in [6, 6.07) is 7.05. The zero-order valence-electron chi connectivity index (χ0n) is 10.6. The topological polar surface area (TPSA) is 22.0 Å². The summed E-state index contributed by atoms with van der Waals surface area (Å²) in [6.07, 6.45) is -1.08. The Morgan fingerprint density at radius 3 is 2.55 bits per heavy atom. The summed E-state index contributed by atoms with van der Waals surface area (Å²) in [7, 11) is 0. The lowest BCUT2D eigenvalue weighted by Crippen LogP contribution is -2.15. The Kier molecular flexibility index (Phi) is 2.92. The number of benzene rings is 1. The van der Waals surface area contributed by atoms with Crippen LogP contribution in [0.5, 0.6) is 0 Å². The van der Waals surface area contributed by atoms with Crippen LogP contribution in [-0.4, -0.2) is 10.4 Å². The number of fused-ring (bicyclic) bond motifs is 1. The fourth-order valence-corrected chi connectivity index (χ4v) is 2.67. The molecule has 1 aromatic heterocycles. The molecule has 1 aliphatic rings. The van der Waals surface area contributed by atoms with E-state index in [1.807, 2.05) is 0 Å². The molecule has 0 amide bonds. The highest BCUT2D eigenvalue weighted by molar-refractivity contribution is 5.98. The number of hydrogen-bond donors (Lipinski definition) is 0. The van der Waals surface area contributed by atoms with Gasteiger partial charge in [-0.1, -0.05) is 12.1 Å². The van der Waals surface area contributed by atoms with Crippen LogP contribution < -0.4 is 0 Å². The second-order valence-corrected chi connectivity index (χ2v) is 4.84. The Morgan fingerprint density at radius 2 is 1.80 bits per heavy atom. The lowest BCUT2D eigenvalue weighted by atomic mass is 9.96. The molecule has 1 aliphatic carbocycles. The number of Topliss-reactive ketones (excluding diaryl/α,β-unsaturated/α-hetero) is 1. The summed E-state index contributed by atoms with van der Waals surface area (Å²) >= 11 is 0. The first kappa shape index (κ1) is 13.0. The van der Waals surface area contributed by atoms with Crippen LogP contribution in [0.4, 0.5) is 13.2 Å². The third-order valence-corrected chi connectivity index (χ3v) is 3.58. The molecule has 3 rings (SSSR count). The molecular formula is C15H12F3NO. The van der Waals surface area contributed by atoms with Crippen molar-refractivity contribution in [2.24, 2.45) is 0 Å². The molecule has 0 unspecified atom stereocenters. The lowest BCUT2D eigenvalue weighted by Gasteiger charge is -2.18. The fourth-order valence-electron chi connectivity index (χ4n) is 2.67. The number of nitrogens with zero attached hydrogens (tertiary/aromatic N) is 1. The van der Waals surface area contributed by atoms with Gasteiger partial charge in [0.25, 0.3) is 0 Å². The average Bonchev–Trinajstić information content (AvgIpc) is 2.83. The Bertz CT molecular complexity index is 670. The van der Waals surface area contributed by atoms with Crippen LogP contribution in [0.3, 0.4) is 0 Å². The molecule has 0 spiro atoms. The van der Waals surface area contributed by atoms with E-state index in [4.69, 9.17) is 0 Å². The second-order valence-electron chi connectivity index (χ2n) is 4.84. The van der Waals surface area contributed by atoms with Crippen LogP contribution in [0, 0.1) is 0 Å². The van der Waals surface area contributed by atoms with Gasteiger partial charge in [0.1, 0.15) is 0 Å². The van der Waals surface area contributed by atoms with Gasteiger partial charge in [-0.25, -0.2) is 0 Å². The van der Waals surface area contributed by atoms with E-state index in [1.165, 1.54) is 16.7 Å². The minimum absolute atomic E-state index is 0.00879. The van der Waals surface area contributed by atoms with Gasteiger partial charge in [0.15, 0.2) is 5.78 Å². The molecule has 5 heteroatoms. The maximum Gasteiger partial charge on any atom is 0.418 e. The summed E-state index contributed by atoms with van der Waals surface area (Å²) in [5, 5.41) is 0. The zero-order chi connectivity index (χ0) is 14.3. The van der Waals surface area contributed by atoms with Gasteiger partial charge in [0.2, 0.25) is 0 Å². The van der Waals surface area contributed by atoms with Crippen molar-refractivity contribution in [1.82, 2.24) is 4.57 Å². The fraction of sp³-hybridized carbons (Fsp3) is 0.267. The standard InChI is InChI=1S/C15H12F3NO/c16-15(17,18)11-4-1-2-5-13(11)19-9-8-10-12(19)6-3-7-14(10)20/h1-2,4-5,8-9H,3,6-7H2. The first-order valence-corrected chi connectivity index (χ1v) is 6.38. The number of rotatable bonds is 1. The van der Waals surface area contributed by atoms with Gasteiger partial charge in [0, 0.05) is 23.9 Å². The van der Waals surface area contributed by atoms with Gasteiger partial charge in [-0.2, -0.15) is 13.2 Å². The summed E-state index contributed by atoms with van der Waals surface area (Å²) < 4.78 is 40.7. The molecule has 0 N–H and O–H groups in total. The smallest absolute Gasteiger partial charge is 0.320 e. The number of hydrogen-bond acceptors (Lipinski definition) is 1. The molecule has 0 bridgehead atoms. The maximum atomic E-state index is 13.1. The Labute approximate surface area is 113 Å². The van der Waals surface area contributed by atoms with E-state index in [1.54, 1.807) is 18.3 Å². The van der Waals surface area contributed by atoms with E-state index >= 15 is 0 Å². The predicted molar refractivity (Wildman–Crippen MR) is 68.0 cm³/mol. The molecular weight excluding hydrogens is 267 g/mol. The van der Waals surface area contributed by atoms with Crippen molar-refractivity contribution in [2.75, 3.05) is 0 Å². The number of aromatic nitrogens is 1. The first-order valence-electron chi connectivity index (χ1n) is 6.38. The Morgan fingerprint density at radius 1 is 1.05 bits per heavy atom. The predicted octanol–water partition coefficient (Wildman–Crippen LogP) is 4.02. The Balaban J connectivity index is 2.18. The number of para-hydroxylation sites is 1. The summed E-state index contributed by atoms with van der Waals surface area (Å²) in [6.45, 7) is 0. The first-order chi connectivity index (χ1) is 9.48.